The molecule has 6 heteroatoms. The lowest BCUT2D eigenvalue weighted by Gasteiger charge is -2.29. The predicted molar refractivity (Wildman–Crippen MR) is 96.4 cm³/mol. The summed E-state index contributed by atoms with van der Waals surface area (Å²) in [7, 11) is 0. The number of carbonyl (C=O) groups excluding carboxylic acids is 2. The summed E-state index contributed by atoms with van der Waals surface area (Å²) in [5, 5.41) is 0. The number of hydrogen-bond donors (Lipinski definition) is 0. The number of amides is 2. The summed E-state index contributed by atoms with van der Waals surface area (Å²) in [5.41, 5.74) is -0.552. The summed E-state index contributed by atoms with van der Waals surface area (Å²) in [6.07, 6.45) is 9.88. The minimum Gasteiger partial charge on any atom is -0.360 e. The molecular weight excluding hydrogens is 330 g/mol. The van der Waals surface area contributed by atoms with Crippen LogP contribution >= 0.6 is 0 Å². The Morgan fingerprint density at radius 1 is 1.08 bits per heavy atom. The van der Waals surface area contributed by atoms with Gasteiger partial charge in [0.2, 0.25) is 11.8 Å². The van der Waals surface area contributed by atoms with Gasteiger partial charge in [0.05, 0.1) is 24.5 Å². The second-order valence-corrected chi connectivity index (χ2v) is 8.59. The van der Waals surface area contributed by atoms with Crippen LogP contribution in [0.3, 0.4) is 0 Å². The van der Waals surface area contributed by atoms with E-state index in [9.17, 15) is 9.59 Å². The summed E-state index contributed by atoms with van der Waals surface area (Å²) in [5.74, 6) is -0.362. The maximum atomic E-state index is 13.2. The molecule has 0 aromatic heterocycles. The van der Waals surface area contributed by atoms with Crippen molar-refractivity contribution in [3.8, 4) is 0 Å². The first kappa shape index (κ1) is 16.8. The van der Waals surface area contributed by atoms with Gasteiger partial charge >= 0.3 is 0 Å². The Morgan fingerprint density at radius 3 is 2.58 bits per heavy atom. The molecule has 5 aliphatic heterocycles. The quantitative estimate of drug-likeness (QED) is 0.699. The van der Waals surface area contributed by atoms with E-state index in [1.54, 1.807) is 0 Å². The summed E-state index contributed by atoms with van der Waals surface area (Å²) in [4.78, 5) is 32.6. The molecule has 6 nitrogen and oxygen atoms in total. The van der Waals surface area contributed by atoms with E-state index in [-0.39, 0.29) is 29.8 Å². The molecule has 5 aliphatic rings. The van der Waals surface area contributed by atoms with Gasteiger partial charge in [-0.05, 0) is 38.8 Å². The molecule has 0 aromatic carbocycles. The van der Waals surface area contributed by atoms with E-state index < -0.39 is 5.60 Å². The van der Waals surface area contributed by atoms with Gasteiger partial charge in [0.25, 0.3) is 0 Å². The van der Waals surface area contributed by atoms with E-state index in [2.05, 4.69) is 11.0 Å². The van der Waals surface area contributed by atoms with E-state index in [0.717, 1.165) is 52.1 Å². The Labute approximate surface area is 155 Å². The maximum Gasteiger partial charge on any atom is 0.230 e. The third kappa shape index (κ3) is 2.53. The number of hydrogen-bond acceptors (Lipinski definition) is 4. The first-order valence-corrected chi connectivity index (χ1v) is 10.4. The van der Waals surface area contributed by atoms with Crippen LogP contribution in [0.4, 0.5) is 0 Å². The van der Waals surface area contributed by atoms with Gasteiger partial charge in [0.1, 0.15) is 5.60 Å². The third-order valence-corrected chi connectivity index (χ3v) is 7.02. The standard InChI is InChI=1S/C20H29N3O3/c24-18(22-10-4-5-11-22)16-15-6-7-20(26-15)14-23(19(25)17(16)20)13-12-21-8-2-1-3-9-21/h6-7,15-17H,1-5,8-14H2/t15-,16?,17?,20-/m0/s1. The fraction of sp³-hybridized carbons (Fsp3) is 0.800. The van der Waals surface area contributed by atoms with E-state index in [4.69, 9.17) is 4.74 Å². The van der Waals surface area contributed by atoms with Gasteiger partial charge in [-0.3, -0.25) is 9.59 Å². The van der Waals surface area contributed by atoms with Crippen LogP contribution in [0.15, 0.2) is 12.2 Å². The molecule has 1 spiro atoms. The zero-order valence-electron chi connectivity index (χ0n) is 15.4. The Hall–Kier alpha value is -1.40. The summed E-state index contributed by atoms with van der Waals surface area (Å²) in [6, 6.07) is 0. The van der Waals surface area contributed by atoms with Crippen molar-refractivity contribution in [2.75, 3.05) is 45.8 Å². The topological polar surface area (TPSA) is 53.1 Å². The average molecular weight is 359 g/mol. The van der Waals surface area contributed by atoms with Crippen LogP contribution in [0.5, 0.6) is 0 Å². The number of carbonyl (C=O) groups is 2. The SMILES string of the molecule is O=C(C1C2C(=O)N(CCN3CCCCC3)C[C@@]23C=C[C@@H]1O3)N1CCCC1. The first-order chi connectivity index (χ1) is 12.7. The lowest BCUT2D eigenvalue weighted by molar-refractivity contribution is -0.142. The molecule has 0 aromatic rings. The Bertz CT molecular complexity index is 624. The Morgan fingerprint density at radius 2 is 1.81 bits per heavy atom. The van der Waals surface area contributed by atoms with Gasteiger partial charge in [0, 0.05) is 26.2 Å². The number of ether oxygens (including phenoxy) is 1. The van der Waals surface area contributed by atoms with Crippen molar-refractivity contribution >= 4 is 11.8 Å². The molecule has 142 valence electrons. The maximum absolute atomic E-state index is 13.2. The van der Waals surface area contributed by atoms with Crippen molar-refractivity contribution in [2.45, 2.75) is 43.8 Å². The second kappa shape index (κ2) is 6.34. The number of nitrogens with zero attached hydrogens (tertiary/aromatic N) is 3. The summed E-state index contributed by atoms with van der Waals surface area (Å²) < 4.78 is 6.23. The molecular formula is C20H29N3O3. The van der Waals surface area contributed by atoms with Gasteiger partial charge in [-0.1, -0.05) is 18.6 Å². The Kier molecular flexibility index (Phi) is 4.09. The summed E-state index contributed by atoms with van der Waals surface area (Å²) in [6.45, 7) is 6.25. The van der Waals surface area contributed by atoms with Crippen molar-refractivity contribution in [1.29, 1.82) is 0 Å². The second-order valence-electron chi connectivity index (χ2n) is 8.59. The predicted octanol–water partition coefficient (Wildman–Crippen LogP) is 0.877. The first-order valence-electron chi connectivity index (χ1n) is 10.4. The molecule has 5 rings (SSSR count). The molecule has 2 bridgehead atoms. The summed E-state index contributed by atoms with van der Waals surface area (Å²) >= 11 is 0. The third-order valence-electron chi connectivity index (χ3n) is 7.02. The van der Waals surface area contributed by atoms with E-state index in [1.165, 1.54) is 19.3 Å². The monoisotopic (exact) mass is 359 g/mol. The van der Waals surface area contributed by atoms with Crippen LogP contribution in [0.25, 0.3) is 0 Å². The molecule has 4 fully saturated rings. The highest BCUT2D eigenvalue weighted by molar-refractivity contribution is 5.93. The molecule has 4 saturated heterocycles. The number of piperidine rings is 1. The molecule has 5 heterocycles. The molecule has 0 N–H and O–H groups in total. The molecule has 2 amide bonds. The van der Waals surface area contributed by atoms with Crippen LogP contribution in [0, 0.1) is 11.8 Å². The van der Waals surface area contributed by atoms with E-state index in [1.807, 2.05) is 15.9 Å². The number of rotatable bonds is 4. The van der Waals surface area contributed by atoms with Crippen LogP contribution in [0.2, 0.25) is 0 Å². The zero-order chi connectivity index (χ0) is 17.7. The highest BCUT2D eigenvalue weighted by atomic mass is 16.5. The normalized spacial score (nSPS) is 39.2. The van der Waals surface area contributed by atoms with E-state index >= 15 is 0 Å². The highest BCUT2D eigenvalue weighted by Crippen LogP contribution is 2.52. The van der Waals surface area contributed by atoms with Crippen LogP contribution < -0.4 is 0 Å². The number of fused-ring (bicyclic) bond motifs is 1. The minimum atomic E-state index is -0.552. The average Bonchev–Trinajstić information content (AvgIpc) is 3.43. The van der Waals surface area contributed by atoms with Crippen molar-refractivity contribution in [3.63, 3.8) is 0 Å². The smallest absolute Gasteiger partial charge is 0.230 e. The van der Waals surface area contributed by atoms with Crippen LogP contribution in [-0.4, -0.2) is 84.0 Å². The largest absolute Gasteiger partial charge is 0.360 e. The fourth-order valence-electron chi connectivity index (χ4n) is 5.64. The van der Waals surface area contributed by atoms with Crippen LogP contribution in [-0.2, 0) is 14.3 Å². The van der Waals surface area contributed by atoms with Crippen molar-refractivity contribution in [2.24, 2.45) is 11.8 Å². The molecule has 0 saturated carbocycles. The lowest BCUT2D eigenvalue weighted by atomic mass is 9.76. The van der Waals surface area contributed by atoms with Gasteiger partial charge in [-0.2, -0.15) is 0 Å². The van der Waals surface area contributed by atoms with Gasteiger partial charge in [-0.15, -0.1) is 0 Å². The number of likely N-dealkylation sites (tertiary alicyclic amines) is 3. The van der Waals surface area contributed by atoms with E-state index in [0.29, 0.717) is 6.54 Å². The Balaban J connectivity index is 1.30. The van der Waals surface area contributed by atoms with Gasteiger partial charge < -0.3 is 19.4 Å². The molecule has 2 unspecified atom stereocenters. The molecule has 4 atom stereocenters. The van der Waals surface area contributed by atoms with Gasteiger partial charge in [0.15, 0.2) is 0 Å². The minimum absolute atomic E-state index is 0.131. The molecule has 0 radical (unpaired) electrons. The van der Waals surface area contributed by atoms with Crippen LogP contribution in [0.1, 0.15) is 32.1 Å². The molecule has 26 heavy (non-hydrogen) atoms. The fourth-order valence-corrected chi connectivity index (χ4v) is 5.64. The lowest BCUT2D eigenvalue weighted by Crippen LogP contribution is -2.45. The van der Waals surface area contributed by atoms with Gasteiger partial charge in [-0.25, -0.2) is 0 Å². The van der Waals surface area contributed by atoms with Crippen molar-refractivity contribution in [1.82, 2.24) is 14.7 Å². The highest BCUT2D eigenvalue weighted by Gasteiger charge is 2.67. The van der Waals surface area contributed by atoms with Crippen molar-refractivity contribution < 1.29 is 14.3 Å². The zero-order valence-corrected chi connectivity index (χ0v) is 15.4. The van der Waals surface area contributed by atoms with Crippen molar-refractivity contribution in [3.05, 3.63) is 12.2 Å². The molecule has 0 aliphatic carbocycles.